The summed E-state index contributed by atoms with van der Waals surface area (Å²) >= 11 is 3.92. The smallest absolute Gasteiger partial charge is 0.193 e. The maximum Gasteiger partial charge on any atom is 0.193 e. The number of rotatable bonds is 4. The molecule has 1 saturated heterocycles. The van der Waals surface area contributed by atoms with Crippen molar-refractivity contribution in [3.8, 4) is 0 Å². The molecule has 0 aromatic heterocycles. The van der Waals surface area contributed by atoms with Gasteiger partial charge < -0.3 is 9.47 Å². The summed E-state index contributed by atoms with van der Waals surface area (Å²) in [6.07, 6.45) is 1.74. The third-order valence-corrected chi connectivity index (χ3v) is 4.15. The second-order valence-corrected chi connectivity index (χ2v) is 5.43. The van der Waals surface area contributed by atoms with E-state index in [1.54, 1.807) is 7.11 Å². The van der Waals surface area contributed by atoms with Crippen molar-refractivity contribution in [2.75, 3.05) is 13.7 Å². The SMILES string of the molecule is COC1CC(c2cccc(C(C)C(=O)S)c2)CCO1. The van der Waals surface area contributed by atoms with Gasteiger partial charge in [-0.3, -0.25) is 4.79 Å². The molecule has 3 unspecified atom stereocenters. The quantitative estimate of drug-likeness (QED) is 0.861. The van der Waals surface area contributed by atoms with Crippen LogP contribution < -0.4 is 0 Å². The molecule has 0 spiro atoms. The average Bonchev–Trinajstić information content (AvgIpc) is 2.46. The van der Waals surface area contributed by atoms with Gasteiger partial charge in [0, 0.05) is 13.5 Å². The van der Waals surface area contributed by atoms with Crippen molar-refractivity contribution in [1.29, 1.82) is 0 Å². The predicted molar refractivity (Wildman–Crippen MR) is 77.6 cm³/mol. The number of methoxy groups -OCH3 is 1. The third-order valence-electron chi connectivity index (χ3n) is 3.76. The maximum absolute atomic E-state index is 11.4. The van der Waals surface area contributed by atoms with Gasteiger partial charge in [-0.1, -0.05) is 31.2 Å². The van der Waals surface area contributed by atoms with Crippen LogP contribution in [0.1, 0.15) is 42.7 Å². The minimum atomic E-state index is -0.165. The summed E-state index contributed by atoms with van der Waals surface area (Å²) in [5.74, 6) is 0.266. The normalized spacial score (nSPS) is 25.0. The summed E-state index contributed by atoms with van der Waals surface area (Å²) in [6, 6.07) is 8.22. The van der Waals surface area contributed by atoms with Gasteiger partial charge in [-0.05, 0) is 23.5 Å². The van der Waals surface area contributed by atoms with Crippen molar-refractivity contribution in [3.05, 3.63) is 35.4 Å². The van der Waals surface area contributed by atoms with Crippen molar-refractivity contribution in [3.63, 3.8) is 0 Å². The Bertz CT molecular complexity index is 447. The molecular weight excluding hydrogens is 260 g/mol. The van der Waals surface area contributed by atoms with Gasteiger partial charge in [0.15, 0.2) is 11.4 Å². The minimum Gasteiger partial charge on any atom is -0.356 e. The molecule has 3 nitrogen and oxygen atoms in total. The van der Waals surface area contributed by atoms with Gasteiger partial charge in [-0.2, -0.15) is 0 Å². The predicted octanol–water partition coefficient (Wildman–Crippen LogP) is 3.11. The summed E-state index contributed by atoms with van der Waals surface area (Å²) in [6.45, 7) is 2.60. The van der Waals surface area contributed by atoms with Gasteiger partial charge in [0.05, 0.1) is 12.5 Å². The molecule has 0 aliphatic carbocycles. The van der Waals surface area contributed by atoms with E-state index in [-0.39, 0.29) is 17.3 Å². The van der Waals surface area contributed by atoms with Gasteiger partial charge in [0.25, 0.3) is 0 Å². The summed E-state index contributed by atoms with van der Waals surface area (Å²) in [4.78, 5) is 11.4. The molecule has 0 saturated carbocycles. The van der Waals surface area contributed by atoms with E-state index in [4.69, 9.17) is 9.47 Å². The zero-order valence-electron chi connectivity index (χ0n) is 11.3. The number of carbonyl (C=O) groups excluding carboxylic acids is 1. The van der Waals surface area contributed by atoms with Gasteiger partial charge >= 0.3 is 0 Å². The lowest BCUT2D eigenvalue weighted by molar-refractivity contribution is -0.150. The summed E-state index contributed by atoms with van der Waals surface area (Å²) < 4.78 is 10.8. The molecule has 104 valence electrons. The summed E-state index contributed by atoms with van der Waals surface area (Å²) in [5.41, 5.74) is 2.28. The fraction of sp³-hybridized carbons (Fsp3) is 0.533. The lowest BCUT2D eigenvalue weighted by atomic mass is 9.88. The monoisotopic (exact) mass is 280 g/mol. The standard InChI is InChI=1S/C15H20O3S/c1-10(15(16)19)11-4-3-5-12(8-11)13-6-7-18-14(9-13)17-2/h3-5,8,10,13-14H,6-7,9H2,1-2H3,(H,16,19). The molecule has 3 atom stereocenters. The van der Waals surface area contributed by atoms with Crippen LogP contribution in [0.4, 0.5) is 0 Å². The van der Waals surface area contributed by atoms with E-state index in [0.717, 1.165) is 18.4 Å². The Hall–Kier alpha value is -0.840. The molecule has 1 fully saturated rings. The van der Waals surface area contributed by atoms with Crippen LogP contribution in [0, 0.1) is 0 Å². The van der Waals surface area contributed by atoms with Gasteiger partial charge in [0.2, 0.25) is 0 Å². The molecule has 1 aromatic rings. The van der Waals surface area contributed by atoms with Gasteiger partial charge in [-0.25, -0.2) is 0 Å². The Morgan fingerprint density at radius 2 is 2.32 bits per heavy atom. The molecule has 1 heterocycles. The highest BCUT2D eigenvalue weighted by atomic mass is 32.1. The molecule has 0 bridgehead atoms. The fourth-order valence-electron chi connectivity index (χ4n) is 2.45. The van der Waals surface area contributed by atoms with E-state index in [1.807, 2.05) is 19.1 Å². The minimum absolute atomic E-state index is 0.0982. The van der Waals surface area contributed by atoms with E-state index in [9.17, 15) is 4.79 Å². The molecule has 0 radical (unpaired) electrons. The van der Waals surface area contributed by atoms with Crippen molar-refractivity contribution in [1.82, 2.24) is 0 Å². The zero-order valence-corrected chi connectivity index (χ0v) is 12.2. The molecule has 0 amide bonds. The Labute approximate surface area is 119 Å². The second kappa shape index (κ2) is 6.55. The highest BCUT2D eigenvalue weighted by molar-refractivity contribution is 7.96. The first kappa shape index (κ1) is 14.6. The first-order valence-corrected chi connectivity index (χ1v) is 7.03. The summed E-state index contributed by atoms with van der Waals surface area (Å²) in [7, 11) is 1.67. The molecule has 1 aromatic carbocycles. The number of ether oxygens (including phenoxy) is 2. The van der Waals surface area contributed by atoms with Crippen LogP contribution in [-0.4, -0.2) is 25.1 Å². The second-order valence-electron chi connectivity index (χ2n) is 4.99. The highest BCUT2D eigenvalue weighted by Crippen LogP contribution is 2.32. The topological polar surface area (TPSA) is 35.5 Å². The number of hydrogen-bond donors (Lipinski definition) is 1. The van der Waals surface area contributed by atoms with Crippen LogP contribution in [0.2, 0.25) is 0 Å². The van der Waals surface area contributed by atoms with Crippen LogP contribution in [-0.2, 0) is 14.3 Å². The molecule has 19 heavy (non-hydrogen) atoms. The molecule has 1 aliphatic heterocycles. The van der Waals surface area contributed by atoms with Gasteiger partial charge in [-0.15, -0.1) is 12.6 Å². The summed E-state index contributed by atoms with van der Waals surface area (Å²) in [5, 5.41) is -0.0982. The van der Waals surface area contributed by atoms with Crippen LogP contribution in [0.3, 0.4) is 0 Å². The molecule has 1 aliphatic rings. The van der Waals surface area contributed by atoms with E-state index < -0.39 is 0 Å². The number of benzene rings is 1. The van der Waals surface area contributed by atoms with E-state index in [2.05, 4.69) is 24.8 Å². The fourth-order valence-corrected chi connectivity index (χ4v) is 2.60. The molecule has 0 N–H and O–H groups in total. The van der Waals surface area contributed by atoms with Crippen LogP contribution in [0.25, 0.3) is 0 Å². The Morgan fingerprint density at radius 3 is 3.00 bits per heavy atom. The molecular formula is C15H20O3S. The average molecular weight is 280 g/mol. The largest absolute Gasteiger partial charge is 0.356 e. The van der Waals surface area contributed by atoms with Crippen molar-refractivity contribution in [2.45, 2.75) is 37.9 Å². The lowest BCUT2D eigenvalue weighted by Crippen LogP contribution is -2.26. The molecule has 4 heteroatoms. The lowest BCUT2D eigenvalue weighted by Gasteiger charge is -2.29. The number of hydrogen-bond acceptors (Lipinski definition) is 3. The van der Waals surface area contributed by atoms with Crippen molar-refractivity contribution in [2.24, 2.45) is 0 Å². The molecule has 2 rings (SSSR count). The first-order valence-electron chi connectivity index (χ1n) is 6.59. The van der Waals surface area contributed by atoms with Crippen LogP contribution in [0.5, 0.6) is 0 Å². The maximum atomic E-state index is 11.4. The van der Waals surface area contributed by atoms with E-state index in [1.165, 1.54) is 5.56 Å². The van der Waals surface area contributed by atoms with E-state index >= 15 is 0 Å². The third kappa shape index (κ3) is 3.59. The first-order chi connectivity index (χ1) is 9.11. The zero-order chi connectivity index (χ0) is 13.8. The highest BCUT2D eigenvalue weighted by Gasteiger charge is 2.24. The van der Waals surface area contributed by atoms with Crippen LogP contribution in [0.15, 0.2) is 24.3 Å². The number of thiol groups is 1. The Balaban J connectivity index is 2.16. The van der Waals surface area contributed by atoms with Gasteiger partial charge in [0.1, 0.15) is 0 Å². The number of carbonyl (C=O) groups is 1. The Kier molecular flexibility index (Phi) is 5.02. The Morgan fingerprint density at radius 1 is 1.53 bits per heavy atom. The van der Waals surface area contributed by atoms with E-state index in [0.29, 0.717) is 12.5 Å². The van der Waals surface area contributed by atoms with Crippen LogP contribution >= 0.6 is 12.6 Å². The van der Waals surface area contributed by atoms with Crippen molar-refractivity contribution < 1.29 is 14.3 Å². The van der Waals surface area contributed by atoms with Crippen molar-refractivity contribution >= 4 is 17.7 Å².